The van der Waals surface area contributed by atoms with E-state index < -0.39 is 0 Å². The molecule has 3 heteroatoms. The first kappa shape index (κ1) is 22.8. The number of para-hydroxylation sites is 2. The Hall–Kier alpha value is -5.80. The van der Waals surface area contributed by atoms with E-state index in [4.69, 9.17) is 9.97 Å². The largest absolute Gasteiger partial charge is 0.308 e. The third-order valence-electron chi connectivity index (χ3n) is 9.12. The van der Waals surface area contributed by atoms with Gasteiger partial charge in [-0.3, -0.25) is 4.98 Å². The van der Waals surface area contributed by atoms with Gasteiger partial charge in [-0.2, -0.15) is 0 Å². The molecule has 3 heterocycles. The normalized spacial score (nSPS) is 12.2. The van der Waals surface area contributed by atoms with Crippen molar-refractivity contribution in [1.29, 1.82) is 0 Å². The first-order valence-corrected chi connectivity index (χ1v) is 14.7. The van der Waals surface area contributed by atoms with Gasteiger partial charge in [0, 0.05) is 37.9 Å². The van der Waals surface area contributed by atoms with Crippen molar-refractivity contribution in [3.8, 4) is 22.4 Å². The number of hydrogen-bond donors (Lipinski definition) is 0. The van der Waals surface area contributed by atoms with E-state index >= 15 is 0 Å². The van der Waals surface area contributed by atoms with E-state index in [1.54, 1.807) is 0 Å². The quantitative estimate of drug-likeness (QED) is 0.202. The summed E-state index contributed by atoms with van der Waals surface area (Å²) in [7, 11) is 0. The van der Waals surface area contributed by atoms with Crippen molar-refractivity contribution < 1.29 is 0 Å². The summed E-state index contributed by atoms with van der Waals surface area (Å²) in [5.41, 5.74) is 9.99. The summed E-state index contributed by atoms with van der Waals surface area (Å²) < 4.78 is 2.42. The van der Waals surface area contributed by atoms with Crippen LogP contribution in [0.4, 0.5) is 0 Å². The summed E-state index contributed by atoms with van der Waals surface area (Å²) in [6.07, 6.45) is 1.93. The molecule has 0 atom stereocenters. The average molecular weight is 546 g/mol. The van der Waals surface area contributed by atoms with Crippen molar-refractivity contribution in [3.63, 3.8) is 0 Å². The van der Waals surface area contributed by atoms with E-state index in [0.717, 1.165) is 33.1 Å². The van der Waals surface area contributed by atoms with Gasteiger partial charge >= 0.3 is 0 Å². The molecule has 0 aliphatic heterocycles. The summed E-state index contributed by atoms with van der Waals surface area (Å²) in [6, 6.07) is 47.9. The number of aromatic nitrogens is 3. The van der Waals surface area contributed by atoms with Gasteiger partial charge in [0.1, 0.15) is 0 Å². The van der Waals surface area contributed by atoms with Crippen LogP contribution in [0.25, 0.3) is 93.1 Å². The van der Waals surface area contributed by atoms with Crippen molar-refractivity contribution in [1.82, 2.24) is 14.4 Å². The minimum atomic E-state index is 0.877. The van der Waals surface area contributed by atoms with Gasteiger partial charge in [-0.25, -0.2) is 4.98 Å². The predicted octanol–water partition coefficient (Wildman–Crippen LogP) is 10.4. The Balaban J connectivity index is 1.21. The lowest BCUT2D eigenvalue weighted by atomic mass is 9.97. The van der Waals surface area contributed by atoms with Crippen LogP contribution < -0.4 is 0 Å². The number of benzene rings is 7. The van der Waals surface area contributed by atoms with Crippen LogP contribution in [0, 0.1) is 0 Å². The molecule has 0 aliphatic rings. The Morgan fingerprint density at radius 3 is 1.58 bits per heavy atom. The summed E-state index contributed by atoms with van der Waals surface area (Å²) in [5.74, 6) is 0. The lowest BCUT2D eigenvalue weighted by Gasteiger charge is -2.11. The van der Waals surface area contributed by atoms with E-state index in [9.17, 15) is 0 Å². The van der Waals surface area contributed by atoms with Crippen LogP contribution in [-0.2, 0) is 0 Å². The highest BCUT2D eigenvalue weighted by atomic mass is 14.9. The van der Waals surface area contributed by atoms with Gasteiger partial charge in [0.25, 0.3) is 0 Å². The first-order valence-electron chi connectivity index (χ1n) is 14.7. The van der Waals surface area contributed by atoms with Gasteiger partial charge in [0.15, 0.2) is 0 Å². The average Bonchev–Trinajstić information content (AvgIpc) is 3.60. The van der Waals surface area contributed by atoms with Crippen LogP contribution >= 0.6 is 0 Å². The molecule has 3 aromatic heterocycles. The molecule has 0 aliphatic carbocycles. The molecule has 0 unspecified atom stereocenters. The maximum atomic E-state index is 5.25. The van der Waals surface area contributed by atoms with E-state index in [-0.39, 0.29) is 0 Å². The highest BCUT2D eigenvalue weighted by molar-refractivity contribution is 6.25. The van der Waals surface area contributed by atoms with Gasteiger partial charge in [0.2, 0.25) is 0 Å². The number of fused-ring (bicyclic) bond motifs is 12. The van der Waals surface area contributed by atoms with Crippen LogP contribution in [-0.4, -0.2) is 14.4 Å². The second-order valence-corrected chi connectivity index (χ2v) is 11.4. The SMILES string of the molecule is c1cc(-c2cc3c4ccccc4n4c5ccccc5c(c2)c34)cc(-c2cnc3c4ccccc4c4ccccc4c3n2)c1. The summed E-state index contributed by atoms with van der Waals surface area (Å²) in [6.45, 7) is 0. The smallest absolute Gasteiger partial charge is 0.0979 e. The van der Waals surface area contributed by atoms with E-state index in [2.05, 4.69) is 138 Å². The highest BCUT2D eigenvalue weighted by Crippen LogP contribution is 2.42. The van der Waals surface area contributed by atoms with Gasteiger partial charge in [-0.1, -0.05) is 103 Å². The molecule has 0 bridgehead atoms. The minimum absolute atomic E-state index is 0.877. The Morgan fingerprint density at radius 1 is 0.395 bits per heavy atom. The molecule has 7 aromatic carbocycles. The fourth-order valence-corrected chi connectivity index (χ4v) is 7.24. The molecule has 10 aromatic rings. The zero-order chi connectivity index (χ0) is 28.1. The lowest BCUT2D eigenvalue weighted by molar-refractivity contribution is 1.31. The Morgan fingerprint density at radius 2 is 0.930 bits per heavy atom. The topological polar surface area (TPSA) is 30.2 Å². The molecule has 0 radical (unpaired) electrons. The third kappa shape index (κ3) is 3.08. The lowest BCUT2D eigenvalue weighted by Crippen LogP contribution is -1.92. The molecule has 0 spiro atoms. The molecule has 3 nitrogen and oxygen atoms in total. The Labute approximate surface area is 246 Å². The van der Waals surface area contributed by atoms with E-state index in [0.29, 0.717) is 0 Å². The predicted molar refractivity (Wildman–Crippen MR) is 180 cm³/mol. The minimum Gasteiger partial charge on any atom is -0.308 e. The number of nitrogens with zero attached hydrogens (tertiary/aromatic N) is 3. The van der Waals surface area contributed by atoms with Gasteiger partial charge in [0.05, 0.1) is 39.5 Å². The molecule has 0 saturated carbocycles. The van der Waals surface area contributed by atoms with Crippen molar-refractivity contribution in [2.24, 2.45) is 0 Å². The summed E-state index contributed by atoms with van der Waals surface area (Å²) in [4.78, 5) is 10.2. The zero-order valence-electron chi connectivity index (χ0n) is 23.1. The highest BCUT2D eigenvalue weighted by Gasteiger charge is 2.19. The molecule has 0 fully saturated rings. The van der Waals surface area contributed by atoms with Gasteiger partial charge in [-0.05, 0) is 52.2 Å². The summed E-state index contributed by atoms with van der Waals surface area (Å²) >= 11 is 0. The molecular formula is C40H23N3. The van der Waals surface area contributed by atoms with Crippen LogP contribution in [0.3, 0.4) is 0 Å². The maximum Gasteiger partial charge on any atom is 0.0979 e. The van der Waals surface area contributed by atoms with Crippen molar-refractivity contribution in [2.45, 2.75) is 0 Å². The Bertz CT molecular complexity index is 2620. The number of rotatable bonds is 2. The molecule has 43 heavy (non-hydrogen) atoms. The molecule has 10 rings (SSSR count). The first-order chi connectivity index (χ1) is 21.3. The summed E-state index contributed by atoms with van der Waals surface area (Å²) in [5, 5.41) is 9.82. The standard InChI is InChI=1S/C40H23N3/c1-3-16-31-27(12-1)28-13-2-4-17-32(28)39-38(31)41-23-35(42-39)25-11-9-10-24(20-25)26-21-33-29-14-5-7-18-36(29)43-37-19-8-6-15-30(37)34(22-26)40(33)43/h1-23H. The molecular weight excluding hydrogens is 522 g/mol. The van der Waals surface area contributed by atoms with Crippen molar-refractivity contribution >= 4 is 70.7 Å². The maximum absolute atomic E-state index is 5.25. The molecule has 0 N–H and O–H groups in total. The van der Waals surface area contributed by atoms with Crippen LogP contribution in [0.1, 0.15) is 0 Å². The third-order valence-corrected chi connectivity index (χ3v) is 9.12. The van der Waals surface area contributed by atoms with Crippen LogP contribution in [0.5, 0.6) is 0 Å². The van der Waals surface area contributed by atoms with Crippen molar-refractivity contribution in [3.05, 3.63) is 140 Å². The zero-order valence-corrected chi connectivity index (χ0v) is 23.1. The Kier molecular flexibility index (Phi) is 4.45. The molecule has 0 amide bonds. The van der Waals surface area contributed by atoms with E-state index in [1.165, 1.54) is 60.0 Å². The second kappa shape index (κ2) is 8.37. The van der Waals surface area contributed by atoms with Crippen LogP contribution in [0.2, 0.25) is 0 Å². The van der Waals surface area contributed by atoms with E-state index in [1.807, 2.05) is 6.20 Å². The fourth-order valence-electron chi connectivity index (χ4n) is 7.24. The second-order valence-electron chi connectivity index (χ2n) is 11.4. The monoisotopic (exact) mass is 545 g/mol. The van der Waals surface area contributed by atoms with Gasteiger partial charge in [-0.15, -0.1) is 0 Å². The fraction of sp³-hybridized carbons (Fsp3) is 0. The van der Waals surface area contributed by atoms with Gasteiger partial charge < -0.3 is 4.40 Å². The number of hydrogen-bond acceptors (Lipinski definition) is 2. The van der Waals surface area contributed by atoms with Crippen LogP contribution in [0.15, 0.2) is 140 Å². The molecule has 198 valence electrons. The molecule has 0 saturated heterocycles. The van der Waals surface area contributed by atoms with Crippen molar-refractivity contribution in [2.75, 3.05) is 0 Å².